The van der Waals surface area contributed by atoms with Gasteiger partial charge in [0.05, 0.1) is 22.1 Å². The zero-order valence-corrected chi connectivity index (χ0v) is 12.4. The Morgan fingerprint density at radius 2 is 1.83 bits per heavy atom. The summed E-state index contributed by atoms with van der Waals surface area (Å²) in [5.74, 6) is -3.27. The van der Waals surface area contributed by atoms with Gasteiger partial charge in [0.25, 0.3) is 17.5 Å². The molecule has 1 heterocycles. The van der Waals surface area contributed by atoms with Crippen LogP contribution in [0, 0.1) is 10.1 Å². The Labute approximate surface area is 139 Å². The van der Waals surface area contributed by atoms with E-state index in [9.17, 15) is 29.6 Å². The molecule has 120 valence electrons. The van der Waals surface area contributed by atoms with Gasteiger partial charge >= 0.3 is 0 Å². The van der Waals surface area contributed by atoms with E-state index >= 15 is 0 Å². The molecule has 0 bridgehead atoms. The van der Waals surface area contributed by atoms with E-state index in [1.54, 1.807) is 0 Å². The van der Waals surface area contributed by atoms with Crippen molar-refractivity contribution in [1.82, 2.24) is 0 Å². The number of aromatic carboxylic acids is 1. The predicted molar refractivity (Wildman–Crippen MR) is 80.0 cm³/mol. The maximum absolute atomic E-state index is 12.5. The van der Waals surface area contributed by atoms with Gasteiger partial charge in [0, 0.05) is 16.7 Å². The van der Waals surface area contributed by atoms with Gasteiger partial charge < -0.3 is 9.90 Å². The van der Waals surface area contributed by atoms with Crippen LogP contribution < -0.4 is 10.0 Å². The topological polar surface area (TPSA) is 121 Å². The number of hydrogen-bond acceptors (Lipinski definition) is 6. The Kier molecular flexibility index (Phi) is 3.53. The maximum Gasteiger partial charge on any atom is 0.283 e. The molecule has 0 spiro atoms. The fourth-order valence-corrected chi connectivity index (χ4v) is 2.66. The second kappa shape index (κ2) is 5.43. The maximum atomic E-state index is 12.5. The molecule has 1 aliphatic heterocycles. The van der Waals surface area contributed by atoms with Crippen LogP contribution in [-0.2, 0) is 0 Å². The van der Waals surface area contributed by atoms with Crippen molar-refractivity contribution >= 4 is 40.8 Å². The van der Waals surface area contributed by atoms with Gasteiger partial charge in [-0.2, -0.15) is 0 Å². The number of carboxylic acid groups (broad SMARTS) is 1. The third-order valence-electron chi connectivity index (χ3n) is 3.52. The van der Waals surface area contributed by atoms with Gasteiger partial charge in [0.2, 0.25) is 0 Å². The first kappa shape index (κ1) is 15.6. The number of nitrogens with zero attached hydrogens (tertiary/aromatic N) is 2. The number of benzene rings is 2. The SMILES string of the molecule is O=C([O-])c1cc(N2C(=O)c3cccc([N+](=O)[O-])c3C2=O)ccc1Cl. The first-order valence-electron chi connectivity index (χ1n) is 6.50. The van der Waals surface area contributed by atoms with E-state index in [0.717, 1.165) is 12.1 Å². The number of imide groups is 1. The summed E-state index contributed by atoms with van der Waals surface area (Å²) < 4.78 is 0. The van der Waals surface area contributed by atoms with E-state index in [0.29, 0.717) is 4.90 Å². The minimum atomic E-state index is -1.58. The number of amides is 2. The summed E-state index contributed by atoms with van der Waals surface area (Å²) in [7, 11) is 0. The van der Waals surface area contributed by atoms with Crippen LogP contribution in [0.4, 0.5) is 11.4 Å². The number of carbonyl (C=O) groups is 3. The molecule has 0 aromatic heterocycles. The summed E-state index contributed by atoms with van der Waals surface area (Å²) in [5, 5.41) is 22.0. The highest BCUT2D eigenvalue weighted by molar-refractivity contribution is 6.36. The molecule has 0 atom stereocenters. The average Bonchev–Trinajstić information content (AvgIpc) is 2.79. The van der Waals surface area contributed by atoms with Gasteiger partial charge in [-0.25, -0.2) is 4.90 Å². The highest BCUT2D eigenvalue weighted by Crippen LogP contribution is 2.34. The lowest BCUT2D eigenvalue weighted by atomic mass is 10.1. The van der Waals surface area contributed by atoms with Crippen LogP contribution in [0.5, 0.6) is 0 Å². The number of nitro benzene ring substituents is 1. The second-order valence-electron chi connectivity index (χ2n) is 4.85. The lowest BCUT2D eigenvalue weighted by Crippen LogP contribution is -2.30. The monoisotopic (exact) mass is 345 g/mol. The fraction of sp³-hybridized carbons (Fsp3) is 0. The molecule has 9 heteroatoms. The molecular formula is C15H6ClN2O6-. The molecule has 0 saturated carbocycles. The molecule has 0 radical (unpaired) electrons. The fourth-order valence-electron chi connectivity index (χ4n) is 2.46. The van der Waals surface area contributed by atoms with Crippen molar-refractivity contribution in [2.45, 2.75) is 0 Å². The van der Waals surface area contributed by atoms with Crippen molar-refractivity contribution in [1.29, 1.82) is 0 Å². The summed E-state index contributed by atoms with van der Waals surface area (Å²) in [6, 6.07) is 7.16. The number of anilines is 1. The molecule has 0 saturated heterocycles. The lowest BCUT2D eigenvalue weighted by molar-refractivity contribution is -0.385. The van der Waals surface area contributed by atoms with Crippen LogP contribution in [0.25, 0.3) is 0 Å². The Hall–Kier alpha value is -3.26. The average molecular weight is 346 g/mol. The van der Waals surface area contributed by atoms with E-state index in [1.807, 2.05) is 0 Å². The van der Waals surface area contributed by atoms with E-state index in [4.69, 9.17) is 11.6 Å². The van der Waals surface area contributed by atoms with Gasteiger partial charge in [-0.05, 0) is 24.3 Å². The van der Waals surface area contributed by atoms with Crippen molar-refractivity contribution in [2.24, 2.45) is 0 Å². The zero-order valence-electron chi connectivity index (χ0n) is 11.7. The summed E-state index contributed by atoms with van der Waals surface area (Å²) in [5.41, 5.74) is -1.43. The predicted octanol–water partition coefficient (Wildman–Crippen LogP) is 1.41. The number of hydrogen-bond donors (Lipinski definition) is 0. The van der Waals surface area contributed by atoms with Gasteiger partial charge in [-0.15, -0.1) is 0 Å². The van der Waals surface area contributed by atoms with Crippen molar-refractivity contribution in [3.8, 4) is 0 Å². The van der Waals surface area contributed by atoms with Crippen LogP contribution in [0.2, 0.25) is 5.02 Å². The number of carboxylic acids is 1. The van der Waals surface area contributed by atoms with Crippen LogP contribution >= 0.6 is 11.6 Å². The summed E-state index contributed by atoms with van der Waals surface area (Å²) >= 11 is 5.73. The number of nitro groups is 1. The molecule has 24 heavy (non-hydrogen) atoms. The molecule has 0 aliphatic carbocycles. The highest BCUT2D eigenvalue weighted by Gasteiger charge is 2.41. The lowest BCUT2D eigenvalue weighted by Gasteiger charge is -2.16. The van der Waals surface area contributed by atoms with Crippen LogP contribution in [0.15, 0.2) is 36.4 Å². The highest BCUT2D eigenvalue weighted by atomic mass is 35.5. The van der Waals surface area contributed by atoms with E-state index in [-0.39, 0.29) is 21.8 Å². The van der Waals surface area contributed by atoms with Gasteiger partial charge in [-0.1, -0.05) is 17.7 Å². The minimum Gasteiger partial charge on any atom is -0.545 e. The van der Waals surface area contributed by atoms with Crippen molar-refractivity contribution in [3.63, 3.8) is 0 Å². The second-order valence-corrected chi connectivity index (χ2v) is 5.26. The van der Waals surface area contributed by atoms with E-state index in [2.05, 4.69) is 0 Å². The Morgan fingerprint density at radius 3 is 2.46 bits per heavy atom. The van der Waals surface area contributed by atoms with Gasteiger partial charge in [-0.3, -0.25) is 19.7 Å². The van der Waals surface area contributed by atoms with Crippen molar-refractivity contribution in [3.05, 3.63) is 68.2 Å². The van der Waals surface area contributed by atoms with Gasteiger partial charge in [0.15, 0.2) is 0 Å². The smallest absolute Gasteiger partial charge is 0.283 e. The molecule has 2 amide bonds. The molecule has 2 aromatic carbocycles. The third kappa shape index (κ3) is 2.20. The summed E-state index contributed by atoms with van der Waals surface area (Å²) in [6.45, 7) is 0. The first-order chi connectivity index (χ1) is 11.3. The molecule has 2 aromatic rings. The molecular weight excluding hydrogens is 340 g/mol. The van der Waals surface area contributed by atoms with Crippen molar-refractivity contribution in [2.75, 3.05) is 4.90 Å². The normalized spacial score (nSPS) is 13.1. The number of halogens is 1. The van der Waals surface area contributed by atoms with E-state index in [1.165, 1.54) is 24.3 Å². The van der Waals surface area contributed by atoms with E-state index < -0.39 is 34.0 Å². The number of rotatable bonds is 3. The number of fused-ring (bicyclic) bond motifs is 1. The quantitative estimate of drug-likeness (QED) is 0.471. The van der Waals surface area contributed by atoms with Crippen molar-refractivity contribution < 1.29 is 24.4 Å². The third-order valence-corrected chi connectivity index (χ3v) is 3.85. The van der Waals surface area contributed by atoms with Gasteiger partial charge in [0.1, 0.15) is 5.56 Å². The summed E-state index contributed by atoms with van der Waals surface area (Å²) in [6.07, 6.45) is 0. The Bertz CT molecular complexity index is 940. The van der Waals surface area contributed by atoms with Crippen LogP contribution in [0.3, 0.4) is 0 Å². The first-order valence-corrected chi connectivity index (χ1v) is 6.88. The summed E-state index contributed by atoms with van der Waals surface area (Å²) in [4.78, 5) is 46.9. The Balaban J connectivity index is 2.16. The molecule has 1 aliphatic rings. The molecule has 8 nitrogen and oxygen atoms in total. The van der Waals surface area contributed by atoms with Crippen LogP contribution in [-0.4, -0.2) is 22.7 Å². The Morgan fingerprint density at radius 1 is 1.12 bits per heavy atom. The molecule has 0 N–H and O–H groups in total. The minimum absolute atomic E-state index is 0.0703. The largest absolute Gasteiger partial charge is 0.545 e. The van der Waals surface area contributed by atoms with Crippen LogP contribution in [0.1, 0.15) is 31.1 Å². The number of carbonyl (C=O) groups excluding carboxylic acids is 3. The molecule has 3 rings (SSSR count). The molecule has 0 fully saturated rings. The zero-order chi connectivity index (χ0) is 17.6. The standard InChI is InChI=1S/C15H7ClN2O6/c16-10-5-4-7(6-9(10)15(21)22)17-13(19)8-2-1-3-11(18(23)24)12(8)14(17)20/h1-6H,(H,21,22)/p-1. The molecule has 0 unspecified atom stereocenters.